The van der Waals surface area contributed by atoms with Crippen molar-refractivity contribution in [2.75, 3.05) is 7.11 Å². The number of methoxy groups -OCH3 is 1. The van der Waals surface area contributed by atoms with Crippen LogP contribution in [0.5, 0.6) is 5.75 Å². The monoisotopic (exact) mass is 301 g/mol. The second-order valence-electron chi connectivity index (χ2n) is 4.42. The fraction of sp³-hybridized carbons (Fsp3) is 0.118. The van der Waals surface area contributed by atoms with E-state index in [1.54, 1.807) is 25.3 Å². The minimum atomic E-state index is -0.166. The summed E-state index contributed by atoms with van der Waals surface area (Å²) in [5, 5.41) is 3.46. The van der Waals surface area contributed by atoms with Crippen molar-refractivity contribution in [3.05, 3.63) is 70.8 Å². The number of carbonyl (C=O) groups is 1. The molecule has 0 fully saturated rings. The molecule has 0 aliphatic rings. The summed E-state index contributed by atoms with van der Waals surface area (Å²) in [5.41, 5.74) is 1.82. The van der Waals surface area contributed by atoms with E-state index in [0.29, 0.717) is 11.6 Å². The Hall–Kier alpha value is -2.26. The number of carbonyl (C=O) groups excluding carboxylic acids is 1. The highest BCUT2D eigenvalue weighted by molar-refractivity contribution is 6.30. The molecule has 0 heterocycles. The zero-order valence-corrected chi connectivity index (χ0v) is 12.4. The van der Waals surface area contributed by atoms with Crippen LogP contribution in [0.15, 0.2) is 54.6 Å². The number of nitrogens with one attached hydrogen (secondary N) is 1. The third kappa shape index (κ3) is 4.65. The first-order valence-corrected chi connectivity index (χ1v) is 6.90. The number of hydrogen-bond acceptors (Lipinski definition) is 2. The molecule has 2 aromatic carbocycles. The van der Waals surface area contributed by atoms with E-state index in [-0.39, 0.29) is 5.91 Å². The fourth-order valence-corrected chi connectivity index (χ4v) is 2.07. The lowest BCUT2D eigenvalue weighted by Crippen LogP contribution is -2.20. The average Bonchev–Trinajstić information content (AvgIpc) is 2.51. The topological polar surface area (TPSA) is 38.3 Å². The third-order valence-corrected chi connectivity index (χ3v) is 3.16. The Kier molecular flexibility index (Phi) is 5.41. The van der Waals surface area contributed by atoms with Gasteiger partial charge in [0.15, 0.2) is 0 Å². The van der Waals surface area contributed by atoms with Crippen molar-refractivity contribution in [3.8, 4) is 5.75 Å². The van der Waals surface area contributed by atoms with E-state index < -0.39 is 0 Å². The Balaban J connectivity index is 1.93. The lowest BCUT2D eigenvalue weighted by atomic mass is 10.2. The average molecular weight is 302 g/mol. The number of benzene rings is 2. The molecule has 0 bridgehead atoms. The van der Waals surface area contributed by atoms with Gasteiger partial charge in [0.05, 0.1) is 7.11 Å². The van der Waals surface area contributed by atoms with Gasteiger partial charge in [-0.3, -0.25) is 4.79 Å². The van der Waals surface area contributed by atoms with Crippen LogP contribution in [0.3, 0.4) is 0 Å². The molecule has 0 aliphatic heterocycles. The van der Waals surface area contributed by atoms with Crippen LogP contribution in [0.1, 0.15) is 11.1 Å². The Bertz CT molecular complexity index is 653. The first kappa shape index (κ1) is 15.1. The van der Waals surface area contributed by atoms with Gasteiger partial charge in [-0.25, -0.2) is 0 Å². The van der Waals surface area contributed by atoms with Crippen molar-refractivity contribution < 1.29 is 9.53 Å². The first-order chi connectivity index (χ1) is 10.2. The molecule has 1 N–H and O–H groups in total. The van der Waals surface area contributed by atoms with E-state index in [1.165, 1.54) is 6.08 Å². The maximum atomic E-state index is 11.8. The quantitative estimate of drug-likeness (QED) is 0.856. The number of ether oxygens (including phenoxy) is 1. The van der Waals surface area contributed by atoms with Crippen LogP contribution in [-0.2, 0) is 11.3 Å². The summed E-state index contributed by atoms with van der Waals surface area (Å²) in [6.07, 6.45) is 3.21. The maximum absolute atomic E-state index is 11.8. The highest BCUT2D eigenvalue weighted by atomic mass is 35.5. The predicted octanol–water partition coefficient (Wildman–Crippen LogP) is 3.68. The Labute approximate surface area is 129 Å². The van der Waals surface area contributed by atoms with E-state index in [9.17, 15) is 4.79 Å². The second kappa shape index (κ2) is 7.50. The molecule has 0 saturated carbocycles. The Morgan fingerprint density at radius 3 is 2.81 bits per heavy atom. The molecule has 0 aromatic heterocycles. The summed E-state index contributed by atoms with van der Waals surface area (Å²) < 4.78 is 5.24. The van der Waals surface area contributed by atoms with Gasteiger partial charge in [0.2, 0.25) is 5.91 Å². The molecule has 2 aromatic rings. The van der Waals surface area contributed by atoms with Gasteiger partial charge < -0.3 is 10.1 Å². The molecule has 0 saturated heterocycles. The van der Waals surface area contributed by atoms with Crippen molar-refractivity contribution >= 4 is 23.6 Å². The van der Waals surface area contributed by atoms with Crippen LogP contribution in [0.2, 0.25) is 5.02 Å². The smallest absolute Gasteiger partial charge is 0.244 e. The standard InChI is InChI=1S/C17H16ClNO2/c1-21-16-8-3-2-6-14(16)12-19-17(20)10-9-13-5-4-7-15(18)11-13/h2-11H,12H2,1H3,(H,19,20)/b10-9+. The molecule has 0 spiro atoms. The van der Waals surface area contributed by atoms with Gasteiger partial charge in [-0.15, -0.1) is 0 Å². The number of halogens is 1. The zero-order valence-electron chi connectivity index (χ0n) is 11.7. The molecule has 21 heavy (non-hydrogen) atoms. The summed E-state index contributed by atoms with van der Waals surface area (Å²) in [6, 6.07) is 14.9. The number of amides is 1. The zero-order chi connectivity index (χ0) is 15.1. The Morgan fingerprint density at radius 1 is 1.24 bits per heavy atom. The summed E-state index contributed by atoms with van der Waals surface area (Å²) >= 11 is 5.89. The van der Waals surface area contributed by atoms with Crippen molar-refractivity contribution in [2.45, 2.75) is 6.54 Å². The number of para-hydroxylation sites is 1. The van der Waals surface area contributed by atoms with Crippen molar-refractivity contribution in [3.63, 3.8) is 0 Å². The lowest BCUT2D eigenvalue weighted by molar-refractivity contribution is -0.116. The van der Waals surface area contributed by atoms with Crippen LogP contribution in [0.4, 0.5) is 0 Å². The number of hydrogen-bond donors (Lipinski definition) is 1. The molecular formula is C17H16ClNO2. The fourth-order valence-electron chi connectivity index (χ4n) is 1.87. The van der Waals surface area contributed by atoms with Crippen molar-refractivity contribution in [1.29, 1.82) is 0 Å². The minimum Gasteiger partial charge on any atom is -0.496 e. The van der Waals surface area contributed by atoms with E-state index in [1.807, 2.05) is 36.4 Å². The van der Waals surface area contributed by atoms with E-state index in [0.717, 1.165) is 16.9 Å². The summed E-state index contributed by atoms with van der Waals surface area (Å²) in [4.78, 5) is 11.8. The van der Waals surface area contributed by atoms with Crippen molar-refractivity contribution in [1.82, 2.24) is 5.32 Å². The van der Waals surface area contributed by atoms with E-state index in [4.69, 9.17) is 16.3 Å². The van der Waals surface area contributed by atoms with Gasteiger partial charge in [-0.1, -0.05) is 41.9 Å². The van der Waals surface area contributed by atoms with Crippen LogP contribution in [0.25, 0.3) is 6.08 Å². The third-order valence-electron chi connectivity index (χ3n) is 2.92. The SMILES string of the molecule is COc1ccccc1CNC(=O)/C=C/c1cccc(Cl)c1. The normalized spacial score (nSPS) is 10.6. The van der Waals surface area contributed by atoms with Gasteiger partial charge >= 0.3 is 0 Å². The van der Waals surface area contributed by atoms with Gasteiger partial charge in [0, 0.05) is 23.2 Å². The minimum absolute atomic E-state index is 0.166. The van der Waals surface area contributed by atoms with Gasteiger partial charge in [-0.2, -0.15) is 0 Å². The first-order valence-electron chi connectivity index (χ1n) is 6.52. The number of rotatable bonds is 5. The largest absolute Gasteiger partial charge is 0.496 e. The summed E-state index contributed by atoms with van der Waals surface area (Å²) in [7, 11) is 1.61. The molecule has 0 unspecified atom stereocenters. The molecule has 0 atom stereocenters. The highest BCUT2D eigenvalue weighted by Gasteiger charge is 2.02. The second-order valence-corrected chi connectivity index (χ2v) is 4.85. The molecule has 0 aliphatic carbocycles. The summed E-state index contributed by atoms with van der Waals surface area (Å²) in [6.45, 7) is 0.419. The molecule has 2 rings (SSSR count). The van der Waals surface area contributed by atoms with Crippen molar-refractivity contribution in [2.24, 2.45) is 0 Å². The molecular weight excluding hydrogens is 286 g/mol. The summed E-state index contributed by atoms with van der Waals surface area (Å²) in [5.74, 6) is 0.595. The van der Waals surface area contributed by atoms with Crippen LogP contribution in [-0.4, -0.2) is 13.0 Å². The predicted molar refractivity (Wildman–Crippen MR) is 85.3 cm³/mol. The molecule has 108 valence electrons. The highest BCUT2D eigenvalue weighted by Crippen LogP contribution is 2.16. The van der Waals surface area contributed by atoms with E-state index >= 15 is 0 Å². The van der Waals surface area contributed by atoms with Crippen LogP contribution in [0, 0.1) is 0 Å². The molecule has 0 radical (unpaired) electrons. The molecule has 3 nitrogen and oxygen atoms in total. The van der Waals surface area contributed by atoms with Gasteiger partial charge in [0.1, 0.15) is 5.75 Å². The van der Waals surface area contributed by atoms with Crippen LogP contribution < -0.4 is 10.1 Å². The van der Waals surface area contributed by atoms with Crippen LogP contribution >= 0.6 is 11.6 Å². The molecule has 4 heteroatoms. The van der Waals surface area contributed by atoms with Gasteiger partial charge in [-0.05, 0) is 29.8 Å². The van der Waals surface area contributed by atoms with E-state index in [2.05, 4.69) is 5.32 Å². The Morgan fingerprint density at radius 2 is 2.05 bits per heavy atom. The lowest BCUT2D eigenvalue weighted by Gasteiger charge is -2.08. The maximum Gasteiger partial charge on any atom is 0.244 e. The molecule has 1 amide bonds. The van der Waals surface area contributed by atoms with Gasteiger partial charge in [0.25, 0.3) is 0 Å².